The van der Waals surface area contributed by atoms with Gasteiger partial charge in [-0.2, -0.15) is 0 Å². The van der Waals surface area contributed by atoms with E-state index in [2.05, 4.69) is 77.2 Å². The molecule has 0 aromatic heterocycles. The zero-order chi connectivity index (χ0) is 18.4. The van der Waals surface area contributed by atoms with Gasteiger partial charge in [0.05, 0.1) is 8.07 Å². The van der Waals surface area contributed by atoms with Crippen molar-refractivity contribution in [2.45, 2.75) is 84.9 Å². The van der Waals surface area contributed by atoms with E-state index in [9.17, 15) is 0 Å². The van der Waals surface area contributed by atoms with Crippen molar-refractivity contribution in [3.63, 3.8) is 0 Å². The third-order valence-electron chi connectivity index (χ3n) is 6.56. The van der Waals surface area contributed by atoms with Crippen LogP contribution in [0.4, 0.5) is 0 Å². The highest BCUT2D eigenvalue weighted by atomic mass is 28.3. The van der Waals surface area contributed by atoms with Crippen LogP contribution >= 0.6 is 0 Å². The molecule has 0 saturated heterocycles. The second kappa shape index (κ2) is 9.21. The Bertz CT molecular complexity index is 540. The molecule has 1 saturated carbocycles. The molecule has 0 bridgehead atoms. The Kier molecular flexibility index (Phi) is 7.55. The summed E-state index contributed by atoms with van der Waals surface area (Å²) in [4.78, 5) is 0. The van der Waals surface area contributed by atoms with Crippen molar-refractivity contribution in [2.75, 3.05) is 0 Å². The predicted octanol–water partition coefficient (Wildman–Crippen LogP) is 7.18. The van der Waals surface area contributed by atoms with Gasteiger partial charge in [0.2, 0.25) is 0 Å². The van der Waals surface area contributed by atoms with E-state index in [1.165, 1.54) is 38.5 Å². The number of allylic oxidation sites excluding steroid dienone is 2. The van der Waals surface area contributed by atoms with Crippen LogP contribution in [0.5, 0.6) is 0 Å². The average molecular weight is 357 g/mol. The van der Waals surface area contributed by atoms with Crippen LogP contribution in [0.25, 0.3) is 0 Å². The first-order chi connectivity index (χ1) is 11.9. The van der Waals surface area contributed by atoms with Crippen LogP contribution < -0.4 is 5.19 Å². The summed E-state index contributed by atoms with van der Waals surface area (Å²) in [7, 11) is -1.49. The van der Waals surface area contributed by atoms with Crippen molar-refractivity contribution < 1.29 is 0 Å². The first-order valence-corrected chi connectivity index (χ1v) is 13.7. The quantitative estimate of drug-likeness (QED) is 0.358. The highest BCUT2D eigenvalue weighted by Gasteiger charge is 2.34. The van der Waals surface area contributed by atoms with E-state index in [-0.39, 0.29) is 0 Å². The van der Waals surface area contributed by atoms with Crippen LogP contribution in [0.15, 0.2) is 42.0 Å². The lowest BCUT2D eigenvalue weighted by molar-refractivity contribution is 0.306. The van der Waals surface area contributed by atoms with Crippen LogP contribution in [0, 0.1) is 17.8 Å². The van der Waals surface area contributed by atoms with E-state index in [0.29, 0.717) is 0 Å². The van der Waals surface area contributed by atoms with Crippen molar-refractivity contribution >= 4 is 13.3 Å². The minimum atomic E-state index is -1.49. The van der Waals surface area contributed by atoms with Gasteiger partial charge in [-0.3, -0.25) is 0 Å². The number of hydrogen-bond acceptors (Lipinski definition) is 0. The highest BCUT2D eigenvalue weighted by molar-refractivity contribution is 6.91. The molecule has 1 fully saturated rings. The molecule has 0 nitrogen and oxygen atoms in total. The Labute approximate surface area is 158 Å². The zero-order valence-corrected chi connectivity index (χ0v) is 18.5. The molecule has 1 aromatic carbocycles. The minimum Gasteiger partial charge on any atom is -0.0843 e. The van der Waals surface area contributed by atoms with Gasteiger partial charge >= 0.3 is 0 Å². The third kappa shape index (κ3) is 5.33. The van der Waals surface area contributed by atoms with Crippen LogP contribution in [0.1, 0.15) is 66.2 Å². The van der Waals surface area contributed by atoms with Gasteiger partial charge in [0.15, 0.2) is 0 Å². The van der Waals surface area contributed by atoms with Crippen molar-refractivity contribution in [2.24, 2.45) is 17.8 Å². The fraction of sp³-hybridized carbons (Fsp3) is 0.667. The maximum atomic E-state index is 2.79. The van der Waals surface area contributed by atoms with Crippen molar-refractivity contribution in [1.82, 2.24) is 0 Å². The summed E-state index contributed by atoms with van der Waals surface area (Å²) in [5, 5.41) is 1.62. The molecule has 3 atom stereocenters. The first kappa shape index (κ1) is 20.5. The van der Waals surface area contributed by atoms with Gasteiger partial charge in [-0.1, -0.05) is 101 Å². The first-order valence-electron chi connectivity index (χ1n) is 10.6. The molecule has 0 aliphatic heterocycles. The zero-order valence-electron chi connectivity index (χ0n) is 17.5. The highest BCUT2D eigenvalue weighted by Crippen LogP contribution is 2.41. The van der Waals surface area contributed by atoms with E-state index in [1.807, 2.05) is 0 Å². The van der Waals surface area contributed by atoms with Crippen LogP contribution in [-0.4, -0.2) is 8.07 Å². The molecular formula is C24H40Si. The maximum absolute atomic E-state index is 2.79. The van der Waals surface area contributed by atoms with Crippen molar-refractivity contribution in [3.8, 4) is 0 Å². The molecule has 0 spiro atoms. The van der Waals surface area contributed by atoms with Gasteiger partial charge in [-0.25, -0.2) is 0 Å². The summed E-state index contributed by atoms with van der Waals surface area (Å²) in [6.07, 6.45) is 11.0. The van der Waals surface area contributed by atoms with Gasteiger partial charge in [0, 0.05) is 0 Å². The van der Waals surface area contributed by atoms with Gasteiger partial charge in [-0.05, 0) is 49.0 Å². The second-order valence-corrected chi connectivity index (χ2v) is 14.1. The molecule has 1 heteroatoms. The molecule has 1 aromatic rings. The number of unbranched alkanes of at least 4 members (excludes halogenated alkanes) is 1. The molecule has 0 N–H and O–H groups in total. The van der Waals surface area contributed by atoms with E-state index in [1.54, 1.807) is 10.8 Å². The van der Waals surface area contributed by atoms with Crippen LogP contribution in [0.2, 0.25) is 18.6 Å². The number of rotatable bonds is 7. The summed E-state index contributed by atoms with van der Waals surface area (Å²) >= 11 is 0. The van der Waals surface area contributed by atoms with E-state index in [4.69, 9.17) is 0 Å². The molecule has 0 radical (unpaired) electrons. The summed E-state index contributed by atoms with van der Waals surface area (Å²) in [5.41, 5.74) is 2.57. The molecule has 1 aliphatic carbocycles. The minimum absolute atomic E-state index is 0.774. The summed E-state index contributed by atoms with van der Waals surface area (Å²) in [6, 6.07) is 11.4. The summed E-state index contributed by atoms with van der Waals surface area (Å²) in [5.74, 6) is 2.47. The molecular weight excluding hydrogens is 316 g/mol. The van der Waals surface area contributed by atoms with Gasteiger partial charge in [-0.15, -0.1) is 0 Å². The lowest BCUT2D eigenvalue weighted by Crippen LogP contribution is -2.45. The third-order valence-corrected chi connectivity index (χ3v) is 10.7. The average Bonchev–Trinajstić information content (AvgIpc) is 2.59. The van der Waals surface area contributed by atoms with E-state index >= 15 is 0 Å². The Morgan fingerprint density at radius 2 is 1.80 bits per heavy atom. The lowest BCUT2D eigenvalue weighted by atomic mass is 9.73. The Morgan fingerprint density at radius 1 is 1.12 bits per heavy atom. The fourth-order valence-electron chi connectivity index (χ4n) is 4.68. The molecule has 0 heterocycles. The monoisotopic (exact) mass is 356 g/mol. The molecule has 0 amide bonds. The molecule has 2 rings (SSSR count). The van der Waals surface area contributed by atoms with Gasteiger partial charge in [0.1, 0.15) is 0 Å². The molecule has 1 aliphatic rings. The Balaban J connectivity index is 2.35. The van der Waals surface area contributed by atoms with Crippen molar-refractivity contribution in [3.05, 3.63) is 42.0 Å². The fourth-order valence-corrected chi connectivity index (χ4v) is 7.71. The Hall–Kier alpha value is -0.823. The predicted molar refractivity (Wildman–Crippen MR) is 116 cm³/mol. The molecule has 0 unspecified atom stereocenters. The van der Waals surface area contributed by atoms with Gasteiger partial charge < -0.3 is 0 Å². The lowest BCUT2D eigenvalue weighted by Gasteiger charge is -2.37. The van der Waals surface area contributed by atoms with Crippen LogP contribution in [0.3, 0.4) is 0 Å². The second-order valence-electron chi connectivity index (χ2n) is 9.32. The van der Waals surface area contributed by atoms with Crippen molar-refractivity contribution in [1.29, 1.82) is 0 Å². The molecule has 25 heavy (non-hydrogen) atoms. The Morgan fingerprint density at radius 3 is 2.40 bits per heavy atom. The van der Waals surface area contributed by atoms with E-state index < -0.39 is 8.07 Å². The summed E-state index contributed by atoms with van der Waals surface area (Å²) < 4.78 is 0. The standard InChI is InChI=1S/C24H40Si/c1-7-8-12-23(25(5,6)22-13-10-9-11-14-22)18-21-17-20(4)15-16-24(21)19(2)3/h9-11,13-14,18-20,23-24H,7-8,12,15-17H2,1-6H3/b21-18+/t20-,23+,24+/m1/s1. The molecule has 140 valence electrons. The number of hydrogen-bond donors (Lipinski definition) is 0. The number of benzene rings is 1. The SMILES string of the molecule is CCCC[C@@H](/C=C1\C[C@H](C)CC[C@H]1C(C)C)[Si](C)(C)c1ccccc1. The smallest absolute Gasteiger partial charge is 0.0843 e. The normalized spacial score (nSPS) is 24.7. The summed E-state index contributed by atoms with van der Waals surface area (Å²) in [6.45, 7) is 14.8. The van der Waals surface area contributed by atoms with E-state index in [0.717, 1.165) is 23.3 Å². The topological polar surface area (TPSA) is 0 Å². The van der Waals surface area contributed by atoms with Crippen LogP contribution in [-0.2, 0) is 0 Å². The maximum Gasteiger partial charge on any atom is 0.0873 e. The largest absolute Gasteiger partial charge is 0.0873 e. The van der Waals surface area contributed by atoms with Gasteiger partial charge in [0.25, 0.3) is 0 Å².